The van der Waals surface area contributed by atoms with Gasteiger partial charge < -0.3 is 19.9 Å². The summed E-state index contributed by atoms with van der Waals surface area (Å²) in [6.45, 7) is 4.09. The van der Waals surface area contributed by atoms with E-state index in [2.05, 4.69) is 16.3 Å². The highest BCUT2D eigenvalue weighted by Crippen LogP contribution is 2.45. The second-order valence-corrected chi connectivity index (χ2v) is 6.08. The van der Waals surface area contributed by atoms with Gasteiger partial charge in [-0.3, -0.25) is 5.10 Å². The highest BCUT2D eigenvalue weighted by molar-refractivity contribution is 5.57. The number of fused-ring (bicyclic) bond motifs is 1. The van der Waals surface area contributed by atoms with Crippen molar-refractivity contribution in [3.05, 3.63) is 46.5 Å². The quantitative estimate of drug-likeness (QED) is 0.886. The van der Waals surface area contributed by atoms with Gasteiger partial charge in [-0.15, -0.1) is 5.10 Å². The van der Waals surface area contributed by atoms with E-state index in [0.29, 0.717) is 23.0 Å². The zero-order valence-corrected chi connectivity index (χ0v) is 14.6. The molecule has 130 valence electrons. The van der Waals surface area contributed by atoms with E-state index in [1.54, 1.807) is 20.3 Å². The number of nitrogens with zero attached hydrogens (tertiary/aromatic N) is 2. The molecule has 0 bridgehead atoms. The van der Waals surface area contributed by atoms with Gasteiger partial charge in [0.2, 0.25) is 11.8 Å². The smallest absolute Gasteiger partial charge is 0.244 e. The fourth-order valence-corrected chi connectivity index (χ4v) is 3.04. The van der Waals surface area contributed by atoms with Gasteiger partial charge in [-0.1, -0.05) is 13.8 Å². The standard InChI is InChI=1S/C18H20N4O3/c1-9(2)16-15-14(10-5-11(23-3)7-12(6-10)24-4)13(8-19)17(20)25-18(15)22-21-16/h5-7,9,14H,20H2,1-4H3,(H,21,22). The molecule has 3 rings (SSSR count). The maximum absolute atomic E-state index is 9.68. The van der Waals surface area contributed by atoms with E-state index >= 15 is 0 Å². The Morgan fingerprint density at radius 2 is 1.88 bits per heavy atom. The Bertz CT molecular complexity index is 855. The number of aromatic amines is 1. The molecule has 1 atom stereocenters. The van der Waals surface area contributed by atoms with Crippen molar-refractivity contribution in [2.75, 3.05) is 14.2 Å². The van der Waals surface area contributed by atoms with Crippen LogP contribution in [-0.2, 0) is 0 Å². The molecule has 1 unspecified atom stereocenters. The van der Waals surface area contributed by atoms with Crippen LogP contribution in [0.2, 0.25) is 0 Å². The van der Waals surface area contributed by atoms with Gasteiger partial charge in [0.15, 0.2) is 0 Å². The van der Waals surface area contributed by atoms with Crippen molar-refractivity contribution in [1.29, 1.82) is 5.26 Å². The lowest BCUT2D eigenvalue weighted by Gasteiger charge is -2.25. The second kappa shape index (κ2) is 6.40. The first-order chi connectivity index (χ1) is 12.0. The molecule has 2 aromatic rings. The predicted molar refractivity (Wildman–Crippen MR) is 91.5 cm³/mol. The van der Waals surface area contributed by atoms with Gasteiger partial charge in [-0.25, -0.2) is 0 Å². The van der Waals surface area contributed by atoms with Crippen molar-refractivity contribution in [3.8, 4) is 23.4 Å². The van der Waals surface area contributed by atoms with Crippen molar-refractivity contribution in [1.82, 2.24) is 10.2 Å². The van der Waals surface area contributed by atoms with Crippen LogP contribution < -0.4 is 19.9 Å². The van der Waals surface area contributed by atoms with Crippen LogP contribution >= 0.6 is 0 Å². The molecule has 2 heterocycles. The number of nitrogens with one attached hydrogen (secondary N) is 1. The molecule has 3 N–H and O–H groups in total. The van der Waals surface area contributed by atoms with Crippen molar-refractivity contribution in [2.24, 2.45) is 5.73 Å². The topological polar surface area (TPSA) is 106 Å². The molecule has 1 aromatic heterocycles. The molecule has 0 amide bonds. The third kappa shape index (κ3) is 2.76. The van der Waals surface area contributed by atoms with Crippen LogP contribution in [0.15, 0.2) is 29.7 Å². The first kappa shape index (κ1) is 16.7. The first-order valence-electron chi connectivity index (χ1n) is 7.88. The van der Waals surface area contributed by atoms with E-state index in [1.807, 2.05) is 26.0 Å². The van der Waals surface area contributed by atoms with Crippen LogP contribution in [0.1, 0.15) is 42.5 Å². The zero-order valence-electron chi connectivity index (χ0n) is 14.6. The highest BCUT2D eigenvalue weighted by atomic mass is 16.5. The first-order valence-corrected chi connectivity index (χ1v) is 7.88. The summed E-state index contributed by atoms with van der Waals surface area (Å²) in [7, 11) is 3.17. The fraction of sp³-hybridized carbons (Fsp3) is 0.333. The Hall–Kier alpha value is -3.14. The summed E-state index contributed by atoms with van der Waals surface area (Å²) in [6.07, 6.45) is 0. The Morgan fingerprint density at radius 3 is 2.40 bits per heavy atom. The van der Waals surface area contributed by atoms with Gasteiger partial charge in [0.05, 0.1) is 25.7 Å². The Balaban J connectivity index is 2.27. The number of H-pyrrole nitrogens is 1. The summed E-state index contributed by atoms with van der Waals surface area (Å²) in [5.74, 6) is 1.49. The number of nitriles is 1. The van der Waals surface area contributed by atoms with Crippen LogP contribution in [0, 0.1) is 11.3 Å². The molecule has 1 aliphatic heterocycles. The van der Waals surface area contributed by atoms with Crippen LogP contribution in [0.25, 0.3) is 0 Å². The average Bonchev–Trinajstić information content (AvgIpc) is 3.03. The van der Waals surface area contributed by atoms with E-state index in [1.165, 1.54) is 0 Å². The Morgan fingerprint density at radius 1 is 1.24 bits per heavy atom. The monoisotopic (exact) mass is 340 g/mol. The third-order valence-corrected chi connectivity index (χ3v) is 4.25. The fourth-order valence-electron chi connectivity index (χ4n) is 3.04. The Kier molecular flexibility index (Phi) is 4.28. The van der Waals surface area contributed by atoms with E-state index in [9.17, 15) is 5.26 Å². The minimum atomic E-state index is -0.408. The van der Waals surface area contributed by atoms with Crippen LogP contribution in [0.5, 0.6) is 17.4 Å². The van der Waals surface area contributed by atoms with E-state index in [-0.39, 0.29) is 11.8 Å². The molecule has 0 aliphatic carbocycles. The summed E-state index contributed by atoms with van der Waals surface area (Å²) in [5.41, 5.74) is 8.86. The number of benzene rings is 1. The number of methoxy groups -OCH3 is 2. The van der Waals surface area contributed by atoms with E-state index in [0.717, 1.165) is 16.8 Å². The molecule has 0 saturated heterocycles. The molecule has 0 radical (unpaired) electrons. The zero-order chi connectivity index (χ0) is 18.1. The molecular weight excluding hydrogens is 320 g/mol. The van der Waals surface area contributed by atoms with Crippen molar-refractivity contribution in [2.45, 2.75) is 25.7 Å². The van der Waals surface area contributed by atoms with E-state index < -0.39 is 5.92 Å². The van der Waals surface area contributed by atoms with Crippen LogP contribution in [0.3, 0.4) is 0 Å². The number of allylic oxidation sites excluding steroid dienone is 1. The molecule has 0 spiro atoms. The van der Waals surface area contributed by atoms with Crippen LogP contribution in [-0.4, -0.2) is 24.4 Å². The lowest BCUT2D eigenvalue weighted by molar-refractivity contribution is 0.376. The molecule has 7 heteroatoms. The number of ether oxygens (including phenoxy) is 3. The molecule has 25 heavy (non-hydrogen) atoms. The molecule has 1 aromatic carbocycles. The molecule has 0 fully saturated rings. The summed E-state index contributed by atoms with van der Waals surface area (Å²) < 4.78 is 16.3. The van der Waals surface area contributed by atoms with Gasteiger partial charge in [0.25, 0.3) is 0 Å². The van der Waals surface area contributed by atoms with Gasteiger partial charge in [0.1, 0.15) is 23.1 Å². The lowest BCUT2D eigenvalue weighted by atomic mass is 9.82. The number of rotatable bonds is 4. The Labute approximate surface area is 146 Å². The number of hydrogen-bond donors (Lipinski definition) is 2. The summed E-state index contributed by atoms with van der Waals surface area (Å²) >= 11 is 0. The van der Waals surface area contributed by atoms with Gasteiger partial charge in [-0.2, -0.15) is 5.26 Å². The second-order valence-electron chi connectivity index (χ2n) is 6.08. The summed E-state index contributed by atoms with van der Waals surface area (Å²) in [4.78, 5) is 0. The number of hydrogen-bond acceptors (Lipinski definition) is 6. The van der Waals surface area contributed by atoms with Crippen molar-refractivity contribution < 1.29 is 14.2 Å². The SMILES string of the molecule is COc1cc(OC)cc(C2C(C#N)=C(N)Oc3n[nH]c(C(C)C)c32)c1. The lowest BCUT2D eigenvalue weighted by Crippen LogP contribution is -2.21. The molecule has 7 nitrogen and oxygen atoms in total. The van der Waals surface area contributed by atoms with Gasteiger partial charge in [-0.05, 0) is 23.6 Å². The van der Waals surface area contributed by atoms with Crippen molar-refractivity contribution >= 4 is 0 Å². The minimum absolute atomic E-state index is 0.0589. The number of aromatic nitrogens is 2. The van der Waals surface area contributed by atoms with E-state index in [4.69, 9.17) is 19.9 Å². The molecule has 1 aliphatic rings. The normalized spacial score (nSPS) is 16.2. The minimum Gasteiger partial charge on any atom is -0.497 e. The largest absolute Gasteiger partial charge is 0.497 e. The molecular formula is C18H20N4O3. The maximum atomic E-state index is 9.68. The highest BCUT2D eigenvalue weighted by Gasteiger charge is 2.36. The average molecular weight is 340 g/mol. The van der Waals surface area contributed by atoms with Gasteiger partial charge >= 0.3 is 0 Å². The summed E-state index contributed by atoms with van der Waals surface area (Å²) in [6, 6.07) is 7.69. The maximum Gasteiger partial charge on any atom is 0.244 e. The van der Waals surface area contributed by atoms with Gasteiger partial charge in [0, 0.05) is 11.8 Å². The predicted octanol–water partition coefficient (Wildman–Crippen LogP) is 2.77. The van der Waals surface area contributed by atoms with Crippen LogP contribution in [0.4, 0.5) is 0 Å². The third-order valence-electron chi connectivity index (χ3n) is 4.25. The number of nitrogens with two attached hydrogens (primary N) is 1. The molecule has 0 saturated carbocycles. The van der Waals surface area contributed by atoms with Crippen molar-refractivity contribution in [3.63, 3.8) is 0 Å². The summed E-state index contributed by atoms with van der Waals surface area (Å²) in [5, 5.41) is 16.9.